The second-order valence-electron chi connectivity index (χ2n) is 5.18. The quantitative estimate of drug-likeness (QED) is 0.413. The van der Waals surface area contributed by atoms with Crippen LogP contribution in [0.25, 0.3) is 0 Å². The molecule has 0 bridgehead atoms. The van der Waals surface area contributed by atoms with E-state index in [2.05, 4.69) is 20.6 Å². The normalized spacial score (nSPS) is 10.5. The molecular weight excluding hydrogens is 397 g/mol. The molecule has 0 aliphatic carbocycles. The zero-order valence-corrected chi connectivity index (χ0v) is 15.6. The summed E-state index contributed by atoms with van der Waals surface area (Å²) in [6.07, 6.45) is 2.00. The monoisotopic (exact) mass is 409 g/mol. The van der Waals surface area contributed by atoms with Crippen molar-refractivity contribution in [2.45, 2.75) is 6.42 Å². The van der Waals surface area contributed by atoms with Crippen LogP contribution < -0.4 is 10.6 Å². The fourth-order valence-electron chi connectivity index (χ4n) is 2.25. The average molecular weight is 410 g/mol. The first-order valence-electron chi connectivity index (χ1n) is 7.52. The van der Waals surface area contributed by atoms with Gasteiger partial charge in [0.15, 0.2) is 0 Å². The van der Waals surface area contributed by atoms with Gasteiger partial charge >= 0.3 is 5.69 Å². The Morgan fingerprint density at radius 2 is 2.00 bits per heavy atom. The lowest BCUT2D eigenvalue weighted by Gasteiger charge is -2.11. The fraction of sp³-hybridized carbons (Fsp3) is 0.125. The predicted molar refractivity (Wildman–Crippen MR) is 105 cm³/mol. The van der Waals surface area contributed by atoms with E-state index in [1.54, 1.807) is 29.5 Å². The number of nitrogens with one attached hydrogen (secondary N) is 2. The summed E-state index contributed by atoms with van der Waals surface area (Å²) in [5, 5.41) is 20.2. The Hall–Kier alpha value is -2.42. The van der Waals surface area contributed by atoms with Crippen molar-refractivity contribution in [3.63, 3.8) is 0 Å². The zero-order chi connectivity index (χ0) is 18.5. The van der Waals surface area contributed by atoms with E-state index in [-0.39, 0.29) is 17.3 Å². The van der Waals surface area contributed by atoms with E-state index >= 15 is 0 Å². The van der Waals surface area contributed by atoms with Crippen molar-refractivity contribution in [3.05, 3.63) is 67.1 Å². The van der Waals surface area contributed by atoms with Gasteiger partial charge < -0.3 is 10.6 Å². The second kappa shape index (κ2) is 8.31. The maximum absolute atomic E-state index is 11.6. The van der Waals surface area contributed by atoms with Gasteiger partial charge in [0.25, 0.3) is 0 Å². The highest BCUT2D eigenvalue weighted by Crippen LogP contribution is 2.34. The molecule has 0 aliphatic rings. The van der Waals surface area contributed by atoms with Crippen molar-refractivity contribution in [1.82, 2.24) is 9.97 Å². The summed E-state index contributed by atoms with van der Waals surface area (Å²) in [7, 11) is 0. The first-order chi connectivity index (χ1) is 12.5. The molecule has 2 heterocycles. The van der Waals surface area contributed by atoms with Gasteiger partial charge in [0.05, 0.1) is 15.6 Å². The molecule has 0 fully saturated rings. The van der Waals surface area contributed by atoms with Crippen molar-refractivity contribution >= 4 is 57.5 Å². The Morgan fingerprint density at radius 1 is 1.19 bits per heavy atom. The van der Waals surface area contributed by atoms with Gasteiger partial charge in [-0.05, 0) is 36.1 Å². The van der Waals surface area contributed by atoms with E-state index in [4.69, 9.17) is 23.2 Å². The first-order valence-corrected chi connectivity index (χ1v) is 9.16. The van der Waals surface area contributed by atoms with Gasteiger partial charge in [-0.25, -0.2) is 9.97 Å². The molecule has 7 nitrogen and oxygen atoms in total. The van der Waals surface area contributed by atoms with E-state index in [1.807, 2.05) is 17.5 Å². The van der Waals surface area contributed by atoms with Gasteiger partial charge in [0, 0.05) is 16.4 Å². The van der Waals surface area contributed by atoms with Crippen LogP contribution in [0.5, 0.6) is 0 Å². The van der Waals surface area contributed by atoms with Crippen molar-refractivity contribution in [1.29, 1.82) is 0 Å². The van der Waals surface area contributed by atoms with Gasteiger partial charge in [-0.3, -0.25) is 10.1 Å². The van der Waals surface area contributed by atoms with Gasteiger partial charge in [-0.15, -0.1) is 11.3 Å². The molecule has 0 atom stereocenters. The number of rotatable bonds is 7. The minimum absolute atomic E-state index is 0.0489. The Balaban J connectivity index is 1.82. The number of hydrogen-bond donors (Lipinski definition) is 2. The summed E-state index contributed by atoms with van der Waals surface area (Å²) in [5.74, 6) is 0.196. The number of aromatic nitrogens is 2. The van der Waals surface area contributed by atoms with Crippen LogP contribution in [0.1, 0.15) is 4.88 Å². The molecule has 1 aromatic carbocycles. The summed E-state index contributed by atoms with van der Waals surface area (Å²) < 4.78 is 0. The van der Waals surface area contributed by atoms with Crippen molar-refractivity contribution in [2.24, 2.45) is 0 Å². The Labute approximate surface area is 163 Å². The molecule has 0 saturated heterocycles. The maximum atomic E-state index is 11.6. The van der Waals surface area contributed by atoms with Crippen LogP contribution >= 0.6 is 34.5 Å². The minimum Gasteiger partial charge on any atom is -0.364 e. The topological polar surface area (TPSA) is 93.0 Å². The zero-order valence-electron chi connectivity index (χ0n) is 13.3. The van der Waals surface area contributed by atoms with E-state index in [9.17, 15) is 10.1 Å². The molecule has 0 aliphatic heterocycles. The molecule has 3 aromatic rings. The molecule has 2 N–H and O–H groups in total. The van der Waals surface area contributed by atoms with Crippen LogP contribution in [0.15, 0.2) is 42.0 Å². The summed E-state index contributed by atoms with van der Waals surface area (Å²) >= 11 is 13.6. The standard InChI is InChI=1S/C16H13Cl2N5O2S/c17-10-3-4-13(12(18)8-10)22-16-14(23(24)25)15(20-9-21-16)19-6-5-11-2-1-7-26-11/h1-4,7-9H,5-6H2,(H2,19,20,21,22). The predicted octanol–water partition coefficient (Wildman–Crippen LogP) is 5.15. The highest BCUT2D eigenvalue weighted by molar-refractivity contribution is 7.09. The number of anilines is 3. The number of hydrogen-bond acceptors (Lipinski definition) is 7. The smallest absolute Gasteiger partial charge is 0.353 e. The number of nitro groups is 1. The minimum atomic E-state index is -0.528. The van der Waals surface area contributed by atoms with E-state index in [0.29, 0.717) is 22.3 Å². The Morgan fingerprint density at radius 3 is 2.69 bits per heavy atom. The molecule has 0 saturated carbocycles. The molecule has 0 unspecified atom stereocenters. The number of halogens is 2. The summed E-state index contributed by atoms with van der Waals surface area (Å²) in [6.45, 7) is 0.513. The lowest BCUT2D eigenvalue weighted by Crippen LogP contribution is -2.10. The van der Waals surface area contributed by atoms with Crippen molar-refractivity contribution in [3.8, 4) is 0 Å². The molecule has 26 heavy (non-hydrogen) atoms. The van der Waals surface area contributed by atoms with E-state index < -0.39 is 4.92 Å². The lowest BCUT2D eigenvalue weighted by atomic mass is 10.3. The van der Waals surface area contributed by atoms with Crippen molar-refractivity contribution < 1.29 is 4.92 Å². The second-order valence-corrected chi connectivity index (χ2v) is 7.06. The van der Waals surface area contributed by atoms with Crippen molar-refractivity contribution in [2.75, 3.05) is 17.2 Å². The SMILES string of the molecule is O=[N+]([O-])c1c(NCCc2cccs2)ncnc1Nc1ccc(Cl)cc1Cl. The van der Waals surface area contributed by atoms with Crippen LogP contribution in [0, 0.1) is 10.1 Å². The molecule has 2 aromatic heterocycles. The third-order valence-corrected chi connectivity index (χ3v) is 4.92. The summed E-state index contributed by atoms with van der Waals surface area (Å²) in [5.41, 5.74) is 0.215. The molecular formula is C16H13Cl2N5O2S. The van der Waals surface area contributed by atoms with Gasteiger partial charge in [0.2, 0.25) is 11.6 Å². The highest BCUT2D eigenvalue weighted by atomic mass is 35.5. The largest absolute Gasteiger partial charge is 0.364 e. The average Bonchev–Trinajstić information content (AvgIpc) is 3.11. The summed E-state index contributed by atoms with van der Waals surface area (Å²) in [6, 6.07) is 8.77. The van der Waals surface area contributed by atoms with E-state index in [0.717, 1.165) is 6.42 Å². The summed E-state index contributed by atoms with van der Waals surface area (Å²) in [4.78, 5) is 20.2. The number of thiophene rings is 1. The number of nitrogens with zero attached hydrogens (tertiary/aromatic N) is 3. The molecule has 10 heteroatoms. The Bertz CT molecular complexity index is 921. The van der Waals surface area contributed by atoms with Gasteiger partial charge in [-0.2, -0.15) is 0 Å². The Kier molecular flexibility index (Phi) is 5.87. The molecule has 0 radical (unpaired) electrons. The maximum Gasteiger partial charge on any atom is 0.353 e. The molecule has 134 valence electrons. The fourth-order valence-corrected chi connectivity index (χ4v) is 3.41. The molecule has 3 rings (SSSR count). The number of benzene rings is 1. The molecule has 0 spiro atoms. The van der Waals surface area contributed by atoms with E-state index in [1.165, 1.54) is 11.2 Å². The lowest BCUT2D eigenvalue weighted by molar-refractivity contribution is -0.383. The first kappa shape index (κ1) is 18.4. The van der Waals surface area contributed by atoms with Crippen LogP contribution in [0.4, 0.5) is 23.0 Å². The van der Waals surface area contributed by atoms with Crippen LogP contribution in [0.2, 0.25) is 10.0 Å². The molecule has 0 amide bonds. The third-order valence-electron chi connectivity index (χ3n) is 3.43. The van der Waals surface area contributed by atoms with Gasteiger partial charge in [-0.1, -0.05) is 29.3 Å². The highest BCUT2D eigenvalue weighted by Gasteiger charge is 2.23. The van der Waals surface area contributed by atoms with Crippen LogP contribution in [0.3, 0.4) is 0 Å². The van der Waals surface area contributed by atoms with Gasteiger partial charge in [0.1, 0.15) is 6.33 Å². The van der Waals surface area contributed by atoms with Crippen LogP contribution in [-0.2, 0) is 6.42 Å². The van der Waals surface area contributed by atoms with Crippen LogP contribution in [-0.4, -0.2) is 21.4 Å². The third kappa shape index (κ3) is 4.40.